The summed E-state index contributed by atoms with van der Waals surface area (Å²) in [5.74, 6) is 2.43. The van der Waals surface area contributed by atoms with E-state index in [2.05, 4.69) is 25.8 Å². The summed E-state index contributed by atoms with van der Waals surface area (Å²) < 4.78 is 11.6. The van der Waals surface area contributed by atoms with E-state index in [9.17, 15) is 0 Å². The van der Waals surface area contributed by atoms with Crippen LogP contribution in [0, 0.1) is 5.92 Å². The molecule has 2 aliphatic rings. The number of rotatable bonds is 2. The maximum atomic E-state index is 5.70. The van der Waals surface area contributed by atoms with E-state index in [1.54, 1.807) is 7.11 Å². The number of hydrogen-bond acceptors (Lipinski definition) is 4. The van der Waals surface area contributed by atoms with Crippen LogP contribution in [-0.4, -0.2) is 37.9 Å². The number of hydrogen-bond donors (Lipinski definition) is 0. The molecule has 1 aromatic heterocycles. The molecule has 0 radical (unpaired) electrons. The number of ether oxygens (including phenoxy) is 2. The fourth-order valence-electron chi connectivity index (χ4n) is 2.59. The highest BCUT2D eigenvalue weighted by atomic mass is 79.9. The SMILES string of the molecule is COc1ccc(N2CC3COC(C3)C2)nc1Br. The molecule has 92 valence electrons. The predicted molar refractivity (Wildman–Crippen MR) is 68.5 cm³/mol. The molecule has 2 bridgehead atoms. The van der Waals surface area contributed by atoms with Gasteiger partial charge in [-0.1, -0.05) is 0 Å². The van der Waals surface area contributed by atoms with Gasteiger partial charge in [0.15, 0.2) is 5.75 Å². The molecule has 4 nitrogen and oxygen atoms in total. The standard InChI is InChI=1S/C12H15BrN2O2/c1-16-10-2-3-11(14-12(10)13)15-5-8-4-9(6-15)17-7-8/h2-3,8-9H,4-7H2,1H3. The molecule has 17 heavy (non-hydrogen) atoms. The summed E-state index contributed by atoms with van der Waals surface area (Å²) in [5, 5.41) is 0. The molecule has 5 heteroatoms. The van der Waals surface area contributed by atoms with Crippen molar-refractivity contribution in [1.82, 2.24) is 4.98 Å². The van der Waals surface area contributed by atoms with Crippen LogP contribution in [0.25, 0.3) is 0 Å². The van der Waals surface area contributed by atoms with E-state index in [4.69, 9.17) is 9.47 Å². The molecule has 0 amide bonds. The zero-order valence-corrected chi connectivity index (χ0v) is 11.3. The second kappa shape index (κ2) is 4.46. The van der Waals surface area contributed by atoms with Gasteiger partial charge >= 0.3 is 0 Å². The summed E-state index contributed by atoms with van der Waals surface area (Å²) in [5.41, 5.74) is 0. The number of anilines is 1. The molecule has 3 rings (SSSR count). The smallest absolute Gasteiger partial charge is 0.151 e. The Balaban J connectivity index is 1.82. The van der Waals surface area contributed by atoms with Crippen molar-refractivity contribution in [3.8, 4) is 5.75 Å². The van der Waals surface area contributed by atoms with Crippen molar-refractivity contribution < 1.29 is 9.47 Å². The molecule has 0 aromatic carbocycles. The number of methoxy groups -OCH3 is 1. The van der Waals surface area contributed by atoms with Crippen molar-refractivity contribution in [2.75, 3.05) is 31.7 Å². The van der Waals surface area contributed by atoms with E-state index in [0.29, 0.717) is 12.0 Å². The first kappa shape index (κ1) is 11.3. The maximum Gasteiger partial charge on any atom is 0.151 e. The van der Waals surface area contributed by atoms with E-state index in [-0.39, 0.29) is 0 Å². The van der Waals surface area contributed by atoms with Crippen LogP contribution in [0.15, 0.2) is 16.7 Å². The van der Waals surface area contributed by atoms with Crippen LogP contribution in [0.1, 0.15) is 6.42 Å². The lowest BCUT2D eigenvalue weighted by Gasteiger charge is -2.31. The van der Waals surface area contributed by atoms with Crippen molar-refractivity contribution in [1.29, 1.82) is 0 Å². The minimum atomic E-state index is 0.386. The molecule has 0 saturated carbocycles. The molecule has 2 unspecified atom stereocenters. The minimum Gasteiger partial charge on any atom is -0.494 e. The van der Waals surface area contributed by atoms with E-state index in [1.807, 2.05) is 12.1 Å². The number of fused-ring (bicyclic) bond motifs is 2. The second-order valence-electron chi connectivity index (χ2n) is 4.62. The molecule has 2 saturated heterocycles. The molecule has 3 heterocycles. The first-order valence-electron chi connectivity index (χ1n) is 5.83. The first-order valence-corrected chi connectivity index (χ1v) is 6.62. The molecule has 2 atom stereocenters. The van der Waals surface area contributed by atoms with Gasteiger partial charge in [0.25, 0.3) is 0 Å². The third kappa shape index (κ3) is 2.13. The van der Waals surface area contributed by atoms with E-state index < -0.39 is 0 Å². The normalized spacial score (nSPS) is 27.3. The molecule has 0 N–H and O–H groups in total. The predicted octanol–water partition coefficient (Wildman–Crippen LogP) is 2.08. The van der Waals surface area contributed by atoms with Crippen LogP contribution in [0.5, 0.6) is 5.75 Å². The third-order valence-corrected chi connectivity index (χ3v) is 3.98. The fraction of sp³-hybridized carbons (Fsp3) is 0.583. The molecule has 2 aliphatic heterocycles. The Morgan fingerprint density at radius 1 is 1.47 bits per heavy atom. The van der Waals surface area contributed by atoms with Gasteiger partial charge in [-0.25, -0.2) is 4.98 Å². The van der Waals surface area contributed by atoms with Gasteiger partial charge in [0, 0.05) is 19.0 Å². The Bertz CT molecular complexity index is 415. The first-order chi connectivity index (χ1) is 8.26. The average molecular weight is 299 g/mol. The zero-order valence-electron chi connectivity index (χ0n) is 9.73. The van der Waals surface area contributed by atoms with Crippen molar-refractivity contribution in [3.63, 3.8) is 0 Å². The number of halogens is 1. The van der Waals surface area contributed by atoms with Gasteiger partial charge in [-0.15, -0.1) is 0 Å². The van der Waals surface area contributed by atoms with Gasteiger partial charge in [-0.2, -0.15) is 0 Å². The lowest BCUT2D eigenvalue weighted by atomic mass is 10.0. The van der Waals surface area contributed by atoms with E-state index >= 15 is 0 Å². The second-order valence-corrected chi connectivity index (χ2v) is 5.38. The van der Waals surface area contributed by atoms with Crippen molar-refractivity contribution in [2.45, 2.75) is 12.5 Å². The number of pyridine rings is 1. The lowest BCUT2D eigenvalue weighted by molar-refractivity contribution is 0.119. The van der Waals surface area contributed by atoms with Crippen LogP contribution in [-0.2, 0) is 4.74 Å². The van der Waals surface area contributed by atoms with Gasteiger partial charge in [-0.3, -0.25) is 0 Å². The Morgan fingerprint density at radius 3 is 3.06 bits per heavy atom. The van der Waals surface area contributed by atoms with Gasteiger partial charge in [0.05, 0.1) is 19.8 Å². The summed E-state index contributed by atoms with van der Waals surface area (Å²) in [6, 6.07) is 3.96. The maximum absolute atomic E-state index is 5.70. The van der Waals surface area contributed by atoms with Crippen molar-refractivity contribution in [2.24, 2.45) is 5.92 Å². The fourth-order valence-corrected chi connectivity index (χ4v) is 3.07. The molecule has 1 aromatic rings. The summed E-state index contributed by atoms with van der Waals surface area (Å²) in [6.45, 7) is 2.89. The summed E-state index contributed by atoms with van der Waals surface area (Å²) >= 11 is 3.43. The Labute approximate surface area is 109 Å². The highest BCUT2D eigenvalue weighted by Crippen LogP contribution is 2.31. The van der Waals surface area contributed by atoms with Crippen molar-refractivity contribution in [3.05, 3.63) is 16.7 Å². The third-order valence-electron chi connectivity index (χ3n) is 3.41. The van der Waals surface area contributed by atoms with Crippen LogP contribution in [0.2, 0.25) is 0 Å². The quantitative estimate of drug-likeness (QED) is 0.783. The Morgan fingerprint density at radius 2 is 2.35 bits per heavy atom. The van der Waals surface area contributed by atoms with E-state index in [0.717, 1.165) is 35.9 Å². The van der Waals surface area contributed by atoms with Crippen LogP contribution in [0.3, 0.4) is 0 Å². The van der Waals surface area contributed by atoms with Crippen LogP contribution >= 0.6 is 15.9 Å². The van der Waals surface area contributed by atoms with Crippen LogP contribution < -0.4 is 9.64 Å². The van der Waals surface area contributed by atoms with Gasteiger partial charge in [0.2, 0.25) is 0 Å². The molecule has 0 aliphatic carbocycles. The number of piperidine rings is 1. The van der Waals surface area contributed by atoms with E-state index in [1.165, 1.54) is 6.42 Å². The Kier molecular flexibility index (Phi) is 2.96. The van der Waals surface area contributed by atoms with Crippen LogP contribution in [0.4, 0.5) is 5.82 Å². The topological polar surface area (TPSA) is 34.6 Å². The molecule has 0 spiro atoms. The Hall–Kier alpha value is -0.810. The number of nitrogens with zero attached hydrogens (tertiary/aromatic N) is 2. The summed E-state index contributed by atoms with van der Waals surface area (Å²) in [7, 11) is 1.65. The summed E-state index contributed by atoms with van der Waals surface area (Å²) in [6.07, 6.45) is 1.59. The molecule has 2 fully saturated rings. The average Bonchev–Trinajstić information content (AvgIpc) is 2.68. The highest BCUT2D eigenvalue weighted by molar-refractivity contribution is 9.10. The van der Waals surface area contributed by atoms with Gasteiger partial charge in [0.1, 0.15) is 10.4 Å². The van der Waals surface area contributed by atoms with Crippen molar-refractivity contribution >= 4 is 21.7 Å². The summed E-state index contributed by atoms with van der Waals surface area (Å²) in [4.78, 5) is 6.83. The minimum absolute atomic E-state index is 0.386. The zero-order chi connectivity index (χ0) is 11.8. The number of aromatic nitrogens is 1. The van der Waals surface area contributed by atoms with Gasteiger partial charge < -0.3 is 14.4 Å². The molecular weight excluding hydrogens is 284 g/mol. The largest absolute Gasteiger partial charge is 0.494 e. The highest BCUT2D eigenvalue weighted by Gasteiger charge is 2.34. The lowest BCUT2D eigenvalue weighted by Crippen LogP contribution is -2.39. The van der Waals surface area contributed by atoms with Gasteiger partial charge in [-0.05, 0) is 34.5 Å². The molecular formula is C12H15BrN2O2. The monoisotopic (exact) mass is 298 g/mol.